The van der Waals surface area contributed by atoms with Crippen LogP contribution >= 0.6 is 11.3 Å². The number of rotatable bonds is 4. The number of nitrogens with one attached hydrogen (secondary N) is 1. The summed E-state index contributed by atoms with van der Waals surface area (Å²) in [6, 6.07) is 11.5. The first-order valence-electron chi connectivity index (χ1n) is 6.13. The second-order valence-corrected chi connectivity index (χ2v) is 5.47. The van der Waals surface area contributed by atoms with Gasteiger partial charge in [-0.1, -0.05) is 32.0 Å². The molecule has 0 saturated carbocycles. The van der Waals surface area contributed by atoms with Crippen molar-refractivity contribution in [1.82, 2.24) is 5.43 Å². The molecule has 2 aromatic rings. The van der Waals surface area contributed by atoms with Crippen LogP contribution in [0, 0.1) is 0 Å². The molecule has 0 bridgehead atoms. The third-order valence-electron chi connectivity index (χ3n) is 2.74. The molecule has 0 aliphatic heterocycles. The molecule has 98 valence electrons. The molecular weight excluding hydrogens is 256 g/mol. The normalized spacial score (nSPS) is 11.1. The SMILES string of the molecule is CC(C)c1ccc(C(=O)NN=Cc2cccs2)cc1. The zero-order valence-corrected chi connectivity index (χ0v) is 11.8. The predicted molar refractivity (Wildman–Crippen MR) is 79.9 cm³/mol. The second-order valence-electron chi connectivity index (χ2n) is 4.49. The maximum absolute atomic E-state index is 11.8. The van der Waals surface area contributed by atoms with Gasteiger partial charge in [0.25, 0.3) is 5.91 Å². The zero-order chi connectivity index (χ0) is 13.7. The number of hydrazone groups is 1. The van der Waals surface area contributed by atoms with Gasteiger partial charge >= 0.3 is 0 Å². The Labute approximate surface area is 117 Å². The molecule has 0 unspecified atom stereocenters. The highest BCUT2D eigenvalue weighted by atomic mass is 32.1. The molecule has 3 nitrogen and oxygen atoms in total. The molecule has 0 fully saturated rings. The lowest BCUT2D eigenvalue weighted by Gasteiger charge is -2.05. The summed E-state index contributed by atoms with van der Waals surface area (Å²) in [5.41, 5.74) is 4.36. The molecule has 0 aliphatic carbocycles. The quantitative estimate of drug-likeness (QED) is 0.670. The van der Waals surface area contributed by atoms with Gasteiger partial charge in [-0.3, -0.25) is 4.79 Å². The maximum Gasteiger partial charge on any atom is 0.271 e. The third-order valence-corrected chi connectivity index (χ3v) is 3.55. The van der Waals surface area contributed by atoms with E-state index in [9.17, 15) is 4.79 Å². The fourth-order valence-electron chi connectivity index (χ4n) is 1.60. The Bertz CT molecular complexity index is 556. The highest BCUT2D eigenvalue weighted by Crippen LogP contribution is 2.14. The van der Waals surface area contributed by atoms with Crippen LogP contribution in [0.1, 0.15) is 40.6 Å². The fraction of sp³-hybridized carbons (Fsp3) is 0.200. The molecule has 0 saturated heterocycles. The number of hydrogen-bond acceptors (Lipinski definition) is 3. The molecule has 1 heterocycles. The van der Waals surface area contributed by atoms with Gasteiger partial charge in [0.2, 0.25) is 0 Å². The minimum Gasteiger partial charge on any atom is -0.267 e. The van der Waals surface area contributed by atoms with Crippen LogP contribution in [0.25, 0.3) is 0 Å². The van der Waals surface area contributed by atoms with Gasteiger partial charge in [0.1, 0.15) is 0 Å². The Hall–Kier alpha value is -1.94. The molecule has 0 radical (unpaired) electrons. The van der Waals surface area contributed by atoms with Crippen LogP contribution in [-0.4, -0.2) is 12.1 Å². The molecule has 0 aliphatic rings. The van der Waals surface area contributed by atoms with E-state index in [0.29, 0.717) is 11.5 Å². The standard InChI is InChI=1S/C15H16N2OS/c1-11(2)12-5-7-13(8-6-12)15(18)17-16-10-14-4-3-9-19-14/h3-11H,1-2H3,(H,17,18). The summed E-state index contributed by atoms with van der Waals surface area (Å²) in [5.74, 6) is 0.275. The van der Waals surface area contributed by atoms with E-state index in [1.807, 2.05) is 41.8 Å². The lowest BCUT2D eigenvalue weighted by molar-refractivity contribution is 0.0955. The molecule has 1 amide bonds. The number of nitrogens with zero attached hydrogens (tertiary/aromatic N) is 1. The van der Waals surface area contributed by atoms with Crippen LogP contribution in [0.3, 0.4) is 0 Å². The van der Waals surface area contributed by atoms with E-state index in [0.717, 1.165) is 4.88 Å². The minimum atomic E-state index is -0.192. The van der Waals surface area contributed by atoms with Gasteiger partial charge in [-0.05, 0) is 35.1 Å². The number of carbonyl (C=O) groups is 1. The molecule has 1 aromatic carbocycles. The van der Waals surface area contributed by atoms with Crippen molar-refractivity contribution in [3.05, 3.63) is 57.8 Å². The van der Waals surface area contributed by atoms with E-state index >= 15 is 0 Å². The Morgan fingerprint density at radius 2 is 2.00 bits per heavy atom. The number of thiophene rings is 1. The lowest BCUT2D eigenvalue weighted by Crippen LogP contribution is -2.17. The Balaban J connectivity index is 1.96. The van der Waals surface area contributed by atoms with E-state index in [4.69, 9.17) is 0 Å². The summed E-state index contributed by atoms with van der Waals surface area (Å²) >= 11 is 1.57. The average molecular weight is 272 g/mol. The topological polar surface area (TPSA) is 41.5 Å². The van der Waals surface area contributed by atoms with Crippen molar-refractivity contribution in [3.8, 4) is 0 Å². The van der Waals surface area contributed by atoms with Crippen molar-refractivity contribution in [2.24, 2.45) is 5.10 Å². The summed E-state index contributed by atoms with van der Waals surface area (Å²) in [4.78, 5) is 12.8. The number of amides is 1. The van der Waals surface area contributed by atoms with Crippen molar-refractivity contribution < 1.29 is 4.79 Å². The highest BCUT2D eigenvalue weighted by Gasteiger charge is 2.05. The first-order chi connectivity index (χ1) is 9.16. The molecule has 0 spiro atoms. The monoisotopic (exact) mass is 272 g/mol. The van der Waals surface area contributed by atoms with Crippen molar-refractivity contribution in [1.29, 1.82) is 0 Å². The molecule has 4 heteroatoms. The van der Waals surface area contributed by atoms with Gasteiger partial charge in [-0.25, -0.2) is 5.43 Å². The van der Waals surface area contributed by atoms with Crippen LogP contribution in [0.4, 0.5) is 0 Å². The maximum atomic E-state index is 11.8. The summed E-state index contributed by atoms with van der Waals surface area (Å²) < 4.78 is 0. The average Bonchev–Trinajstić information content (AvgIpc) is 2.92. The smallest absolute Gasteiger partial charge is 0.267 e. The molecule has 2 rings (SSSR count). The van der Waals surface area contributed by atoms with E-state index in [1.165, 1.54) is 5.56 Å². The molecule has 1 aromatic heterocycles. The Morgan fingerprint density at radius 1 is 1.26 bits per heavy atom. The van der Waals surface area contributed by atoms with Crippen molar-refractivity contribution in [2.75, 3.05) is 0 Å². The highest BCUT2D eigenvalue weighted by molar-refractivity contribution is 7.11. The third kappa shape index (κ3) is 3.76. The molecule has 1 N–H and O–H groups in total. The molecule has 0 atom stereocenters. The first kappa shape index (κ1) is 13.5. The summed E-state index contributed by atoms with van der Waals surface area (Å²) in [7, 11) is 0. The largest absolute Gasteiger partial charge is 0.271 e. The van der Waals surface area contributed by atoms with Crippen LogP contribution in [0.15, 0.2) is 46.9 Å². The predicted octanol–water partition coefficient (Wildman–Crippen LogP) is 3.64. The van der Waals surface area contributed by atoms with Crippen LogP contribution < -0.4 is 5.43 Å². The van der Waals surface area contributed by atoms with Crippen molar-refractivity contribution in [2.45, 2.75) is 19.8 Å². The van der Waals surface area contributed by atoms with Gasteiger partial charge < -0.3 is 0 Å². The van der Waals surface area contributed by atoms with Gasteiger partial charge in [-0.15, -0.1) is 11.3 Å². The van der Waals surface area contributed by atoms with Crippen LogP contribution in [0.2, 0.25) is 0 Å². The lowest BCUT2D eigenvalue weighted by atomic mass is 10.0. The van der Waals surface area contributed by atoms with E-state index in [1.54, 1.807) is 17.6 Å². The van der Waals surface area contributed by atoms with E-state index in [2.05, 4.69) is 24.4 Å². The van der Waals surface area contributed by atoms with Crippen LogP contribution in [-0.2, 0) is 0 Å². The number of carbonyl (C=O) groups excluding carboxylic acids is 1. The minimum absolute atomic E-state index is 0.192. The fourth-order valence-corrected chi connectivity index (χ4v) is 2.19. The van der Waals surface area contributed by atoms with Gasteiger partial charge in [0, 0.05) is 10.4 Å². The van der Waals surface area contributed by atoms with Gasteiger partial charge in [0.05, 0.1) is 6.21 Å². The Morgan fingerprint density at radius 3 is 2.58 bits per heavy atom. The second kappa shape index (κ2) is 6.29. The Kier molecular flexibility index (Phi) is 4.47. The van der Waals surface area contributed by atoms with Crippen molar-refractivity contribution >= 4 is 23.5 Å². The number of hydrogen-bond donors (Lipinski definition) is 1. The van der Waals surface area contributed by atoms with Crippen LogP contribution in [0.5, 0.6) is 0 Å². The summed E-state index contributed by atoms with van der Waals surface area (Å²) in [6.45, 7) is 4.25. The summed E-state index contributed by atoms with van der Waals surface area (Å²) in [5, 5.41) is 5.90. The summed E-state index contributed by atoms with van der Waals surface area (Å²) in [6.07, 6.45) is 1.64. The van der Waals surface area contributed by atoms with Gasteiger partial charge in [-0.2, -0.15) is 5.10 Å². The van der Waals surface area contributed by atoms with E-state index in [-0.39, 0.29) is 5.91 Å². The zero-order valence-electron chi connectivity index (χ0n) is 11.0. The number of benzene rings is 1. The first-order valence-corrected chi connectivity index (χ1v) is 7.01. The van der Waals surface area contributed by atoms with E-state index < -0.39 is 0 Å². The molecule has 19 heavy (non-hydrogen) atoms. The van der Waals surface area contributed by atoms with Gasteiger partial charge in [0.15, 0.2) is 0 Å². The molecular formula is C15H16N2OS. The van der Waals surface area contributed by atoms with Crippen molar-refractivity contribution in [3.63, 3.8) is 0 Å².